The maximum atomic E-state index is 13.2. The zero-order valence-corrected chi connectivity index (χ0v) is 16.7. The minimum Gasteiger partial charge on any atom is -0.399 e. The van der Waals surface area contributed by atoms with Crippen molar-refractivity contribution in [1.82, 2.24) is 10.2 Å². The second-order valence-electron chi connectivity index (χ2n) is 8.44. The Hall–Kier alpha value is -2.60. The molecule has 154 valence electrons. The number of urea groups is 1. The number of nitrogens with two attached hydrogens (primary N) is 1. The monoisotopic (exact) mass is 396 g/mol. The second kappa shape index (κ2) is 8.41. The fourth-order valence-electron chi connectivity index (χ4n) is 4.56. The Morgan fingerprint density at radius 2 is 1.97 bits per heavy atom. The van der Waals surface area contributed by atoms with Gasteiger partial charge in [0.2, 0.25) is 0 Å². The van der Waals surface area contributed by atoms with Gasteiger partial charge in [-0.1, -0.05) is 18.2 Å². The summed E-state index contributed by atoms with van der Waals surface area (Å²) in [5.41, 5.74) is 8.12. The van der Waals surface area contributed by atoms with Crippen molar-refractivity contribution in [2.75, 3.05) is 24.1 Å². The van der Waals surface area contributed by atoms with Crippen LogP contribution in [0.2, 0.25) is 0 Å². The highest BCUT2D eigenvalue weighted by molar-refractivity contribution is 5.90. The summed E-state index contributed by atoms with van der Waals surface area (Å²) in [6, 6.07) is 14.3. The van der Waals surface area contributed by atoms with E-state index in [1.807, 2.05) is 24.3 Å². The van der Waals surface area contributed by atoms with Gasteiger partial charge in [-0.25, -0.2) is 9.18 Å². The Labute approximate surface area is 171 Å². The van der Waals surface area contributed by atoms with E-state index < -0.39 is 0 Å². The highest BCUT2D eigenvalue weighted by Crippen LogP contribution is 2.35. The zero-order chi connectivity index (χ0) is 20.3. The number of benzene rings is 2. The molecule has 1 saturated carbocycles. The van der Waals surface area contributed by atoms with Crippen molar-refractivity contribution in [2.45, 2.75) is 50.1 Å². The summed E-state index contributed by atoms with van der Waals surface area (Å²) in [6.07, 6.45) is 6.36. The molecular weight excluding hydrogens is 367 g/mol. The average molecular weight is 397 g/mol. The standard InChI is InChI=1S/C23H29FN4O/c24-18-9-7-17(8-10-18)14-21-6-2-13-28(21)16-23(11-3-12-23)27-22(29)26-20-5-1-4-19(25)15-20/h1,4-5,7-10,15,21H,2-3,6,11-14,16,25H2,(H2,26,27,29). The molecule has 4 N–H and O–H groups in total. The van der Waals surface area contributed by atoms with Crippen LogP contribution in [-0.4, -0.2) is 35.6 Å². The Bertz CT molecular complexity index is 850. The Morgan fingerprint density at radius 3 is 2.66 bits per heavy atom. The van der Waals surface area contributed by atoms with E-state index in [1.54, 1.807) is 12.1 Å². The van der Waals surface area contributed by atoms with Crippen LogP contribution in [-0.2, 0) is 6.42 Å². The third kappa shape index (κ3) is 4.88. The summed E-state index contributed by atoms with van der Waals surface area (Å²) in [5.74, 6) is -0.194. The lowest BCUT2D eigenvalue weighted by atomic mass is 9.76. The number of amides is 2. The molecule has 0 aromatic heterocycles. The number of nitrogens with zero attached hydrogens (tertiary/aromatic N) is 1. The molecule has 0 spiro atoms. The first-order valence-electron chi connectivity index (χ1n) is 10.4. The molecule has 5 nitrogen and oxygen atoms in total. The van der Waals surface area contributed by atoms with Gasteiger partial charge >= 0.3 is 6.03 Å². The van der Waals surface area contributed by atoms with Crippen LogP contribution in [0.1, 0.15) is 37.7 Å². The van der Waals surface area contributed by atoms with Crippen molar-refractivity contribution >= 4 is 17.4 Å². The maximum Gasteiger partial charge on any atom is 0.319 e. The predicted molar refractivity (Wildman–Crippen MR) is 114 cm³/mol. The summed E-state index contributed by atoms with van der Waals surface area (Å²) in [5, 5.41) is 6.14. The lowest BCUT2D eigenvalue weighted by Gasteiger charge is -2.46. The zero-order valence-electron chi connectivity index (χ0n) is 16.7. The van der Waals surface area contributed by atoms with Crippen LogP contribution in [0.4, 0.5) is 20.6 Å². The molecule has 29 heavy (non-hydrogen) atoms. The lowest BCUT2D eigenvalue weighted by Crippen LogP contribution is -2.61. The second-order valence-corrected chi connectivity index (χ2v) is 8.44. The molecule has 1 aliphatic heterocycles. The van der Waals surface area contributed by atoms with Crippen molar-refractivity contribution in [3.05, 3.63) is 59.9 Å². The summed E-state index contributed by atoms with van der Waals surface area (Å²) < 4.78 is 13.2. The molecule has 2 fully saturated rings. The quantitative estimate of drug-likeness (QED) is 0.642. The number of likely N-dealkylation sites (tertiary alicyclic amines) is 1. The summed E-state index contributed by atoms with van der Waals surface area (Å²) in [4.78, 5) is 15.1. The molecule has 2 amide bonds. The predicted octanol–water partition coefficient (Wildman–Crippen LogP) is 4.16. The van der Waals surface area contributed by atoms with Crippen LogP contribution in [0.25, 0.3) is 0 Å². The first kappa shape index (κ1) is 19.7. The van der Waals surface area contributed by atoms with E-state index in [2.05, 4.69) is 15.5 Å². The molecule has 2 aromatic carbocycles. The van der Waals surface area contributed by atoms with Crippen LogP contribution in [0.5, 0.6) is 0 Å². The first-order chi connectivity index (χ1) is 14.0. The summed E-state index contributed by atoms with van der Waals surface area (Å²) in [6.45, 7) is 1.91. The highest BCUT2D eigenvalue weighted by Gasteiger charge is 2.42. The van der Waals surface area contributed by atoms with Gasteiger partial charge < -0.3 is 16.4 Å². The van der Waals surface area contributed by atoms with Gasteiger partial charge in [0.15, 0.2) is 0 Å². The van der Waals surface area contributed by atoms with Gasteiger partial charge in [0.25, 0.3) is 0 Å². The lowest BCUT2D eigenvalue weighted by molar-refractivity contribution is 0.109. The normalized spacial score (nSPS) is 20.8. The van der Waals surface area contributed by atoms with Crippen molar-refractivity contribution in [1.29, 1.82) is 0 Å². The van der Waals surface area contributed by atoms with Crippen LogP contribution >= 0.6 is 0 Å². The van der Waals surface area contributed by atoms with E-state index in [0.29, 0.717) is 17.4 Å². The minimum absolute atomic E-state index is 0.171. The van der Waals surface area contributed by atoms with E-state index in [4.69, 9.17) is 5.73 Å². The SMILES string of the molecule is Nc1cccc(NC(=O)NC2(CN3CCCC3Cc3ccc(F)cc3)CCC2)c1. The Balaban J connectivity index is 1.36. The molecule has 1 heterocycles. The molecule has 1 unspecified atom stereocenters. The van der Waals surface area contributed by atoms with Crippen LogP contribution < -0.4 is 16.4 Å². The third-order valence-electron chi connectivity index (χ3n) is 6.22. The average Bonchev–Trinajstić information content (AvgIpc) is 3.08. The van der Waals surface area contributed by atoms with E-state index in [9.17, 15) is 9.18 Å². The van der Waals surface area contributed by atoms with Crippen LogP contribution in [0.15, 0.2) is 48.5 Å². The van der Waals surface area contributed by atoms with Gasteiger partial charge in [0, 0.05) is 24.0 Å². The van der Waals surface area contributed by atoms with Crippen molar-refractivity contribution in [2.24, 2.45) is 0 Å². The van der Waals surface area contributed by atoms with Gasteiger partial charge in [-0.15, -0.1) is 0 Å². The van der Waals surface area contributed by atoms with Crippen molar-refractivity contribution < 1.29 is 9.18 Å². The van der Waals surface area contributed by atoms with E-state index >= 15 is 0 Å². The maximum absolute atomic E-state index is 13.2. The summed E-state index contributed by atoms with van der Waals surface area (Å²) >= 11 is 0. The molecule has 6 heteroatoms. The number of hydrogen-bond donors (Lipinski definition) is 3. The number of nitrogens with one attached hydrogen (secondary N) is 2. The molecule has 2 aromatic rings. The third-order valence-corrected chi connectivity index (χ3v) is 6.22. The summed E-state index contributed by atoms with van der Waals surface area (Å²) in [7, 11) is 0. The fraction of sp³-hybridized carbons (Fsp3) is 0.435. The minimum atomic E-state index is -0.194. The van der Waals surface area contributed by atoms with E-state index in [0.717, 1.165) is 51.6 Å². The first-order valence-corrected chi connectivity index (χ1v) is 10.4. The van der Waals surface area contributed by atoms with Gasteiger partial charge in [-0.3, -0.25) is 4.90 Å². The number of anilines is 2. The van der Waals surface area contributed by atoms with Gasteiger partial charge in [-0.2, -0.15) is 0 Å². The molecule has 0 radical (unpaired) electrons. The smallest absolute Gasteiger partial charge is 0.319 e. The molecular formula is C23H29FN4O. The Morgan fingerprint density at radius 1 is 1.17 bits per heavy atom. The number of carbonyl (C=O) groups excluding carboxylic acids is 1. The molecule has 1 aliphatic carbocycles. The molecule has 1 saturated heterocycles. The molecule has 4 rings (SSSR count). The van der Waals surface area contributed by atoms with Crippen molar-refractivity contribution in [3.8, 4) is 0 Å². The fourth-order valence-corrected chi connectivity index (χ4v) is 4.56. The number of rotatable bonds is 6. The highest BCUT2D eigenvalue weighted by atomic mass is 19.1. The van der Waals surface area contributed by atoms with E-state index in [-0.39, 0.29) is 17.4 Å². The van der Waals surface area contributed by atoms with Gasteiger partial charge in [0.1, 0.15) is 5.82 Å². The number of hydrogen-bond acceptors (Lipinski definition) is 3. The van der Waals surface area contributed by atoms with Gasteiger partial charge in [-0.05, 0) is 81.0 Å². The number of carbonyl (C=O) groups is 1. The number of halogens is 1. The van der Waals surface area contributed by atoms with Gasteiger partial charge in [0.05, 0.1) is 5.54 Å². The molecule has 0 bridgehead atoms. The molecule has 1 atom stereocenters. The Kier molecular flexibility index (Phi) is 5.72. The topological polar surface area (TPSA) is 70.4 Å². The number of nitrogen functional groups attached to an aromatic ring is 1. The van der Waals surface area contributed by atoms with Crippen LogP contribution in [0, 0.1) is 5.82 Å². The molecule has 2 aliphatic rings. The van der Waals surface area contributed by atoms with Crippen molar-refractivity contribution in [3.63, 3.8) is 0 Å². The van der Waals surface area contributed by atoms with Crippen LogP contribution in [0.3, 0.4) is 0 Å². The van der Waals surface area contributed by atoms with E-state index in [1.165, 1.54) is 17.7 Å². The largest absolute Gasteiger partial charge is 0.399 e.